The predicted molar refractivity (Wildman–Crippen MR) is 80.5 cm³/mol. The fourth-order valence-electron chi connectivity index (χ4n) is 3.01. The number of nitrogens with two attached hydrogens (primary N) is 1. The van der Waals surface area contributed by atoms with Crippen LogP contribution in [0.5, 0.6) is 0 Å². The number of likely N-dealkylation sites (tertiary alicyclic amines) is 1. The van der Waals surface area contributed by atoms with Gasteiger partial charge in [-0.15, -0.1) is 0 Å². The van der Waals surface area contributed by atoms with Crippen LogP contribution in [-0.2, 0) is 0 Å². The van der Waals surface area contributed by atoms with E-state index in [-0.39, 0.29) is 5.91 Å². The fourth-order valence-corrected chi connectivity index (χ4v) is 3.01. The first-order valence-corrected chi connectivity index (χ1v) is 7.25. The number of hydrogen-bond donors (Lipinski definition) is 2. The molecule has 2 heterocycles. The third-order valence-electron chi connectivity index (χ3n) is 4.50. The van der Waals surface area contributed by atoms with Crippen LogP contribution >= 0.6 is 0 Å². The third-order valence-corrected chi connectivity index (χ3v) is 4.50. The van der Waals surface area contributed by atoms with Gasteiger partial charge < -0.3 is 15.6 Å². The van der Waals surface area contributed by atoms with Crippen molar-refractivity contribution in [3.63, 3.8) is 0 Å². The zero-order valence-corrected chi connectivity index (χ0v) is 11.8. The number of nitrogens with zero attached hydrogens (tertiary/aromatic N) is 1. The molecule has 0 bridgehead atoms. The summed E-state index contributed by atoms with van der Waals surface area (Å²) < 4.78 is 0. The molecule has 1 saturated heterocycles. The number of nitrogens with one attached hydrogen (secondary N) is 1. The molecule has 0 radical (unpaired) electrons. The van der Waals surface area contributed by atoms with Crippen molar-refractivity contribution in [2.45, 2.75) is 13.3 Å². The summed E-state index contributed by atoms with van der Waals surface area (Å²) in [5.74, 6) is 1.15. The second kappa shape index (κ2) is 5.29. The molecule has 2 atom stereocenters. The van der Waals surface area contributed by atoms with E-state index in [1.807, 2.05) is 35.4 Å². The molecule has 2 aromatic rings. The van der Waals surface area contributed by atoms with Gasteiger partial charge in [-0.05, 0) is 49.1 Å². The minimum Gasteiger partial charge on any atom is -0.361 e. The molecule has 0 aliphatic carbocycles. The number of fused-ring (bicyclic) bond motifs is 1. The molecule has 1 amide bonds. The molecular weight excluding hydrogens is 250 g/mol. The van der Waals surface area contributed by atoms with Crippen molar-refractivity contribution in [1.82, 2.24) is 9.88 Å². The zero-order chi connectivity index (χ0) is 14.1. The van der Waals surface area contributed by atoms with Crippen molar-refractivity contribution < 1.29 is 4.79 Å². The topological polar surface area (TPSA) is 62.1 Å². The van der Waals surface area contributed by atoms with Gasteiger partial charge in [0, 0.05) is 35.8 Å². The fraction of sp³-hybridized carbons (Fsp3) is 0.438. The standard InChI is InChI=1S/C16H21N3O/c1-11-5-7-19(10-14(11)9-17)16(20)13-2-3-15-12(8-13)4-6-18-15/h2-4,6,8,11,14,18H,5,7,9-10,17H2,1H3. The van der Waals surface area contributed by atoms with Gasteiger partial charge >= 0.3 is 0 Å². The molecule has 1 aliphatic heterocycles. The molecule has 1 aromatic carbocycles. The first-order valence-electron chi connectivity index (χ1n) is 7.25. The van der Waals surface area contributed by atoms with Gasteiger partial charge in [0.15, 0.2) is 0 Å². The number of H-pyrrole nitrogens is 1. The number of piperidine rings is 1. The highest BCUT2D eigenvalue weighted by Gasteiger charge is 2.28. The molecule has 3 N–H and O–H groups in total. The van der Waals surface area contributed by atoms with Crippen molar-refractivity contribution in [2.24, 2.45) is 17.6 Å². The van der Waals surface area contributed by atoms with Crippen LogP contribution in [-0.4, -0.2) is 35.4 Å². The minimum absolute atomic E-state index is 0.124. The van der Waals surface area contributed by atoms with Gasteiger partial charge in [0.25, 0.3) is 5.91 Å². The Bertz CT molecular complexity index is 619. The number of amides is 1. The number of carbonyl (C=O) groups excluding carboxylic acids is 1. The van der Waals surface area contributed by atoms with Crippen LogP contribution in [0.2, 0.25) is 0 Å². The van der Waals surface area contributed by atoms with Crippen molar-refractivity contribution in [3.05, 3.63) is 36.0 Å². The SMILES string of the molecule is CC1CCN(C(=O)c2ccc3[nH]ccc3c2)CC1CN. The van der Waals surface area contributed by atoms with Gasteiger partial charge in [-0.3, -0.25) is 4.79 Å². The summed E-state index contributed by atoms with van der Waals surface area (Å²) in [4.78, 5) is 17.7. The van der Waals surface area contributed by atoms with Crippen LogP contribution in [0, 0.1) is 11.8 Å². The molecule has 2 unspecified atom stereocenters. The van der Waals surface area contributed by atoms with Crippen molar-refractivity contribution >= 4 is 16.8 Å². The monoisotopic (exact) mass is 271 g/mol. The highest BCUT2D eigenvalue weighted by atomic mass is 16.2. The van der Waals surface area contributed by atoms with E-state index >= 15 is 0 Å². The first kappa shape index (κ1) is 13.2. The molecule has 106 valence electrons. The van der Waals surface area contributed by atoms with Gasteiger partial charge in [0.2, 0.25) is 0 Å². The lowest BCUT2D eigenvalue weighted by molar-refractivity contribution is 0.0618. The molecule has 1 aliphatic rings. The Kier molecular flexibility index (Phi) is 3.49. The summed E-state index contributed by atoms with van der Waals surface area (Å²) in [5.41, 5.74) is 7.64. The third kappa shape index (κ3) is 2.31. The van der Waals surface area contributed by atoms with Gasteiger partial charge in [0.1, 0.15) is 0 Å². The maximum Gasteiger partial charge on any atom is 0.253 e. The Morgan fingerprint density at radius 2 is 2.30 bits per heavy atom. The lowest BCUT2D eigenvalue weighted by atomic mass is 9.87. The molecule has 0 saturated carbocycles. The molecule has 0 spiro atoms. The van der Waals surface area contributed by atoms with Crippen LogP contribution < -0.4 is 5.73 Å². The van der Waals surface area contributed by atoms with E-state index in [0.717, 1.165) is 36.0 Å². The van der Waals surface area contributed by atoms with Crippen LogP contribution in [0.15, 0.2) is 30.5 Å². The van der Waals surface area contributed by atoms with Gasteiger partial charge in [-0.25, -0.2) is 0 Å². The summed E-state index contributed by atoms with van der Waals surface area (Å²) in [6.07, 6.45) is 2.94. The quantitative estimate of drug-likeness (QED) is 0.879. The maximum atomic E-state index is 12.6. The van der Waals surface area contributed by atoms with E-state index in [1.165, 1.54) is 0 Å². The summed E-state index contributed by atoms with van der Waals surface area (Å²) >= 11 is 0. The van der Waals surface area contributed by atoms with E-state index in [0.29, 0.717) is 18.4 Å². The highest BCUT2D eigenvalue weighted by Crippen LogP contribution is 2.24. The first-order chi connectivity index (χ1) is 9.69. The Morgan fingerprint density at radius 1 is 1.45 bits per heavy atom. The van der Waals surface area contributed by atoms with Crippen LogP contribution in [0.25, 0.3) is 10.9 Å². The molecule has 3 rings (SSSR count). The van der Waals surface area contributed by atoms with Gasteiger partial charge in [-0.2, -0.15) is 0 Å². The number of carbonyl (C=O) groups is 1. The molecule has 4 nitrogen and oxygen atoms in total. The van der Waals surface area contributed by atoms with E-state index in [2.05, 4.69) is 11.9 Å². The van der Waals surface area contributed by atoms with Crippen LogP contribution in [0.4, 0.5) is 0 Å². The lowest BCUT2D eigenvalue weighted by Gasteiger charge is -2.36. The number of benzene rings is 1. The van der Waals surface area contributed by atoms with Crippen molar-refractivity contribution in [1.29, 1.82) is 0 Å². The lowest BCUT2D eigenvalue weighted by Crippen LogP contribution is -2.45. The summed E-state index contributed by atoms with van der Waals surface area (Å²) in [6, 6.07) is 7.82. The molecule has 20 heavy (non-hydrogen) atoms. The van der Waals surface area contributed by atoms with E-state index in [4.69, 9.17) is 5.73 Å². The van der Waals surface area contributed by atoms with Gasteiger partial charge in [-0.1, -0.05) is 6.92 Å². The number of aromatic nitrogens is 1. The smallest absolute Gasteiger partial charge is 0.253 e. The maximum absolute atomic E-state index is 12.6. The van der Waals surface area contributed by atoms with Crippen LogP contribution in [0.1, 0.15) is 23.7 Å². The zero-order valence-electron chi connectivity index (χ0n) is 11.8. The number of hydrogen-bond acceptors (Lipinski definition) is 2. The average Bonchev–Trinajstić information content (AvgIpc) is 2.94. The molecule has 1 aromatic heterocycles. The largest absolute Gasteiger partial charge is 0.361 e. The van der Waals surface area contributed by atoms with Crippen LogP contribution in [0.3, 0.4) is 0 Å². The van der Waals surface area contributed by atoms with Crippen molar-refractivity contribution in [3.8, 4) is 0 Å². The normalized spacial score (nSPS) is 23.2. The Morgan fingerprint density at radius 3 is 3.10 bits per heavy atom. The summed E-state index contributed by atoms with van der Waals surface area (Å²) in [7, 11) is 0. The second-order valence-corrected chi connectivity index (χ2v) is 5.79. The summed E-state index contributed by atoms with van der Waals surface area (Å²) in [6.45, 7) is 4.50. The Balaban J connectivity index is 1.81. The predicted octanol–water partition coefficient (Wildman–Crippen LogP) is 2.22. The molecule has 4 heteroatoms. The Labute approximate surface area is 118 Å². The number of rotatable bonds is 2. The number of aromatic amines is 1. The summed E-state index contributed by atoms with van der Waals surface area (Å²) in [5, 5.41) is 1.08. The van der Waals surface area contributed by atoms with Gasteiger partial charge in [0.05, 0.1) is 0 Å². The minimum atomic E-state index is 0.124. The van der Waals surface area contributed by atoms with Crippen molar-refractivity contribution in [2.75, 3.05) is 19.6 Å². The van der Waals surface area contributed by atoms with E-state index in [9.17, 15) is 4.79 Å². The molecular formula is C16H21N3O. The average molecular weight is 271 g/mol. The highest BCUT2D eigenvalue weighted by molar-refractivity contribution is 5.98. The van der Waals surface area contributed by atoms with E-state index in [1.54, 1.807) is 0 Å². The second-order valence-electron chi connectivity index (χ2n) is 5.79. The molecule has 1 fully saturated rings. The van der Waals surface area contributed by atoms with E-state index < -0.39 is 0 Å². The Hall–Kier alpha value is -1.81.